The highest BCUT2D eigenvalue weighted by molar-refractivity contribution is 9.10. The average molecular weight is 563 g/mol. The SMILES string of the molecule is NS(=O)(=O)c1ccc(NC2=CC(c3ccc(Br)cc3)N(c3ccc(S(N)(=O)=O)cc3)C2=O)cc1. The maximum absolute atomic E-state index is 13.4. The van der Waals surface area contributed by atoms with Crippen LogP contribution in [0.25, 0.3) is 0 Å². The van der Waals surface area contributed by atoms with Crippen molar-refractivity contribution in [3.05, 3.63) is 94.6 Å². The highest BCUT2D eigenvalue weighted by atomic mass is 79.9. The Bertz CT molecular complexity index is 1490. The van der Waals surface area contributed by atoms with E-state index in [0.717, 1.165) is 10.0 Å². The number of hydrogen-bond donors (Lipinski definition) is 3. The first kappa shape index (κ1) is 24.1. The summed E-state index contributed by atoms with van der Waals surface area (Å²) >= 11 is 3.40. The molecule has 1 aliphatic heterocycles. The summed E-state index contributed by atoms with van der Waals surface area (Å²) in [7, 11) is -7.72. The lowest BCUT2D eigenvalue weighted by molar-refractivity contribution is -0.114. The van der Waals surface area contributed by atoms with Crippen molar-refractivity contribution >= 4 is 53.3 Å². The minimum absolute atomic E-state index is 0.0471. The standard InChI is InChI=1S/C22H19BrN4O5S2/c23-15-3-1-14(2-4-15)21-13-20(26-16-5-9-18(10-6-16)33(24,29)30)22(28)27(21)17-7-11-19(12-8-17)34(25,31)32/h1-13,21,26H,(H2,24,29,30)(H2,25,31,32). The lowest BCUT2D eigenvalue weighted by Crippen LogP contribution is -2.30. The second-order valence-corrected chi connectivity index (χ2v) is 11.5. The zero-order valence-electron chi connectivity index (χ0n) is 17.4. The van der Waals surface area contributed by atoms with E-state index < -0.39 is 26.1 Å². The molecule has 3 aromatic carbocycles. The number of primary sulfonamides is 2. The first-order chi connectivity index (χ1) is 15.9. The van der Waals surface area contributed by atoms with E-state index in [1.807, 2.05) is 24.3 Å². The quantitative estimate of drug-likeness (QED) is 0.419. The average Bonchev–Trinajstić information content (AvgIpc) is 3.09. The summed E-state index contributed by atoms with van der Waals surface area (Å²) in [6, 6.07) is 18.4. The van der Waals surface area contributed by atoms with Gasteiger partial charge in [0, 0.05) is 15.8 Å². The van der Waals surface area contributed by atoms with Crippen LogP contribution in [0.5, 0.6) is 0 Å². The smallest absolute Gasteiger partial charge is 0.275 e. The Balaban J connectivity index is 1.70. The second-order valence-electron chi connectivity index (χ2n) is 7.49. The molecular formula is C22H19BrN4O5S2. The van der Waals surface area contributed by atoms with E-state index >= 15 is 0 Å². The van der Waals surface area contributed by atoms with Gasteiger partial charge in [0.25, 0.3) is 5.91 Å². The molecule has 1 unspecified atom stereocenters. The lowest BCUT2D eigenvalue weighted by Gasteiger charge is -2.25. The van der Waals surface area contributed by atoms with Crippen LogP contribution in [0.1, 0.15) is 11.6 Å². The van der Waals surface area contributed by atoms with Gasteiger partial charge < -0.3 is 5.32 Å². The number of nitrogens with zero attached hydrogens (tertiary/aromatic N) is 1. The van der Waals surface area contributed by atoms with Crippen molar-refractivity contribution in [2.24, 2.45) is 10.3 Å². The molecule has 5 N–H and O–H groups in total. The molecule has 1 heterocycles. The van der Waals surface area contributed by atoms with Gasteiger partial charge >= 0.3 is 0 Å². The van der Waals surface area contributed by atoms with Crippen molar-refractivity contribution in [1.82, 2.24) is 0 Å². The Morgan fingerprint density at radius 3 is 1.76 bits per heavy atom. The number of anilines is 2. The zero-order valence-corrected chi connectivity index (χ0v) is 20.6. The normalized spacial score (nSPS) is 16.4. The number of carbonyl (C=O) groups excluding carboxylic acids is 1. The number of halogens is 1. The van der Waals surface area contributed by atoms with Gasteiger partial charge in [0.2, 0.25) is 20.0 Å². The Labute approximate surface area is 205 Å². The number of nitrogens with one attached hydrogen (secondary N) is 1. The van der Waals surface area contributed by atoms with E-state index in [-0.39, 0.29) is 21.4 Å². The van der Waals surface area contributed by atoms with Gasteiger partial charge in [0.05, 0.1) is 15.8 Å². The van der Waals surface area contributed by atoms with E-state index in [2.05, 4.69) is 21.2 Å². The third-order valence-electron chi connectivity index (χ3n) is 5.17. The minimum Gasteiger partial charge on any atom is -0.351 e. The molecule has 0 bridgehead atoms. The first-order valence-electron chi connectivity index (χ1n) is 9.77. The van der Waals surface area contributed by atoms with Crippen LogP contribution in [-0.2, 0) is 24.8 Å². The fourth-order valence-corrected chi connectivity index (χ4v) is 4.81. The molecule has 1 amide bonds. The van der Waals surface area contributed by atoms with Gasteiger partial charge in [-0.05, 0) is 72.3 Å². The number of nitrogens with two attached hydrogens (primary N) is 2. The number of amides is 1. The van der Waals surface area contributed by atoms with Crippen molar-refractivity contribution in [2.75, 3.05) is 10.2 Å². The van der Waals surface area contributed by atoms with Crippen LogP contribution in [0.3, 0.4) is 0 Å². The molecule has 1 aliphatic rings. The molecule has 0 aliphatic carbocycles. The third kappa shape index (κ3) is 5.05. The molecule has 9 nitrogen and oxygen atoms in total. The van der Waals surface area contributed by atoms with Gasteiger partial charge in [-0.25, -0.2) is 27.1 Å². The van der Waals surface area contributed by atoms with E-state index in [0.29, 0.717) is 11.4 Å². The number of benzene rings is 3. The molecule has 1 atom stereocenters. The van der Waals surface area contributed by atoms with Gasteiger partial charge in [-0.1, -0.05) is 28.1 Å². The second kappa shape index (κ2) is 8.96. The number of sulfonamides is 2. The molecule has 34 heavy (non-hydrogen) atoms. The van der Waals surface area contributed by atoms with E-state index in [9.17, 15) is 21.6 Å². The molecule has 0 saturated heterocycles. The Kier molecular flexibility index (Phi) is 6.36. The highest BCUT2D eigenvalue weighted by Crippen LogP contribution is 2.37. The van der Waals surface area contributed by atoms with Crippen LogP contribution in [0.2, 0.25) is 0 Å². The molecule has 0 aromatic heterocycles. The van der Waals surface area contributed by atoms with Gasteiger partial charge in [-0.15, -0.1) is 0 Å². The molecule has 0 fully saturated rings. The maximum atomic E-state index is 13.4. The fraction of sp³-hybridized carbons (Fsp3) is 0.0455. The molecule has 12 heteroatoms. The minimum atomic E-state index is -3.88. The summed E-state index contributed by atoms with van der Waals surface area (Å²) in [6.07, 6.45) is 1.74. The lowest BCUT2D eigenvalue weighted by atomic mass is 10.1. The fourth-order valence-electron chi connectivity index (χ4n) is 3.52. The predicted molar refractivity (Wildman–Crippen MR) is 132 cm³/mol. The van der Waals surface area contributed by atoms with Gasteiger partial charge in [0.15, 0.2) is 0 Å². The summed E-state index contributed by atoms with van der Waals surface area (Å²) < 4.78 is 47.1. The monoisotopic (exact) mass is 562 g/mol. The van der Waals surface area contributed by atoms with Crippen LogP contribution in [0.4, 0.5) is 11.4 Å². The van der Waals surface area contributed by atoms with Crippen LogP contribution in [0.15, 0.2) is 98.8 Å². The predicted octanol–water partition coefficient (Wildman–Crippen LogP) is 2.83. The molecule has 0 saturated carbocycles. The third-order valence-corrected chi connectivity index (χ3v) is 7.56. The summed E-state index contributed by atoms with van der Waals surface area (Å²) in [4.78, 5) is 14.8. The summed E-state index contributed by atoms with van der Waals surface area (Å²) in [5, 5.41) is 13.3. The molecule has 176 valence electrons. The van der Waals surface area contributed by atoms with Crippen molar-refractivity contribution in [2.45, 2.75) is 15.8 Å². The van der Waals surface area contributed by atoms with E-state index in [1.54, 1.807) is 6.08 Å². The topological polar surface area (TPSA) is 153 Å². The van der Waals surface area contributed by atoms with E-state index in [1.165, 1.54) is 53.4 Å². The van der Waals surface area contributed by atoms with Crippen LogP contribution < -0.4 is 20.5 Å². The Morgan fingerprint density at radius 1 is 0.765 bits per heavy atom. The van der Waals surface area contributed by atoms with E-state index in [4.69, 9.17) is 10.3 Å². The molecular weight excluding hydrogens is 544 g/mol. The summed E-state index contributed by atoms with van der Waals surface area (Å²) in [5.74, 6) is -0.355. The summed E-state index contributed by atoms with van der Waals surface area (Å²) in [5.41, 5.74) is 2.07. The van der Waals surface area contributed by atoms with Gasteiger partial charge in [0.1, 0.15) is 5.70 Å². The molecule has 0 radical (unpaired) electrons. The van der Waals surface area contributed by atoms with Crippen LogP contribution in [-0.4, -0.2) is 22.7 Å². The van der Waals surface area contributed by atoms with Crippen LogP contribution >= 0.6 is 15.9 Å². The zero-order chi connectivity index (χ0) is 24.7. The van der Waals surface area contributed by atoms with Gasteiger partial charge in [-0.2, -0.15) is 0 Å². The Hall–Kier alpha value is -3.03. The maximum Gasteiger partial charge on any atom is 0.275 e. The van der Waals surface area contributed by atoms with Crippen molar-refractivity contribution in [1.29, 1.82) is 0 Å². The van der Waals surface area contributed by atoms with Gasteiger partial charge in [-0.3, -0.25) is 9.69 Å². The molecule has 4 rings (SSSR count). The number of carbonyl (C=O) groups is 1. The summed E-state index contributed by atoms with van der Waals surface area (Å²) in [6.45, 7) is 0. The number of hydrogen-bond acceptors (Lipinski definition) is 6. The highest BCUT2D eigenvalue weighted by Gasteiger charge is 2.35. The Morgan fingerprint density at radius 2 is 1.26 bits per heavy atom. The molecule has 0 spiro atoms. The van der Waals surface area contributed by atoms with Crippen molar-refractivity contribution in [3.63, 3.8) is 0 Å². The van der Waals surface area contributed by atoms with Crippen molar-refractivity contribution < 1.29 is 21.6 Å². The van der Waals surface area contributed by atoms with Crippen LogP contribution in [0, 0.1) is 0 Å². The largest absolute Gasteiger partial charge is 0.351 e. The van der Waals surface area contributed by atoms with Crippen molar-refractivity contribution in [3.8, 4) is 0 Å². The first-order valence-corrected chi connectivity index (χ1v) is 13.7. The molecule has 3 aromatic rings. The number of rotatable bonds is 6.